The number of esters is 1. The number of nitrogens with one attached hydrogen (secondary N) is 1. The molecule has 0 aliphatic carbocycles. The summed E-state index contributed by atoms with van der Waals surface area (Å²) in [5.74, 6) is -3.96. The number of aromatic hydroxyl groups is 1. The average molecular weight is 348 g/mol. The van der Waals surface area contributed by atoms with Crippen molar-refractivity contribution in [1.82, 2.24) is 4.98 Å². The first kappa shape index (κ1) is 14.4. The summed E-state index contributed by atoms with van der Waals surface area (Å²) in [4.78, 5) is 25.4. The summed E-state index contributed by atoms with van der Waals surface area (Å²) in [6.45, 7) is 1.50. The number of aromatic nitrogens is 1. The van der Waals surface area contributed by atoms with Gasteiger partial charge in [-0.15, -0.1) is 0 Å². The number of H-pyrrole nitrogens is 1. The molecule has 20 heavy (non-hydrogen) atoms. The molecule has 1 heterocycles. The van der Waals surface area contributed by atoms with Crippen LogP contribution in [-0.2, 0) is 4.74 Å². The highest BCUT2D eigenvalue weighted by Gasteiger charge is 2.23. The van der Waals surface area contributed by atoms with Crippen molar-refractivity contribution >= 4 is 32.8 Å². The monoisotopic (exact) mass is 347 g/mol. The van der Waals surface area contributed by atoms with Crippen molar-refractivity contribution in [2.75, 3.05) is 6.61 Å². The molecule has 0 amide bonds. The summed E-state index contributed by atoms with van der Waals surface area (Å²) in [6.07, 6.45) is 0. The number of hydrogen-bond acceptors (Lipinski definition) is 4. The van der Waals surface area contributed by atoms with E-state index in [9.17, 15) is 23.5 Å². The van der Waals surface area contributed by atoms with Gasteiger partial charge in [0.15, 0.2) is 11.4 Å². The van der Waals surface area contributed by atoms with E-state index in [1.165, 1.54) is 6.92 Å². The van der Waals surface area contributed by atoms with Crippen molar-refractivity contribution in [2.45, 2.75) is 6.92 Å². The van der Waals surface area contributed by atoms with Crippen LogP contribution in [0.5, 0.6) is 5.75 Å². The van der Waals surface area contributed by atoms with Gasteiger partial charge in [0.1, 0.15) is 11.6 Å². The average Bonchev–Trinajstić information content (AvgIpc) is 2.38. The predicted molar refractivity (Wildman–Crippen MR) is 69.8 cm³/mol. The van der Waals surface area contributed by atoms with Gasteiger partial charge in [0, 0.05) is 5.39 Å². The Hall–Kier alpha value is -1.96. The number of carbonyl (C=O) groups excluding carboxylic acids is 1. The zero-order valence-electron chi connectivity index (χ0n) is 10.1. The van der Waals surface area contributed by atoms with Gasteiger partial charge >= 0.3 is 5.97 Å². The third-order valence-corrected chi connectivity index (χ3v) is 3.33. The molecule has 0 aliphatic heterocycles. The number of pyridine rings is 1. The second-order valence-electron chi connectivity index (χ2n) is 3.81. The Balaban J connectivity index is 2.86. The molecule has 0 fully saturated rings. The van der Waals surface area contributed by atoms with Gasteiger partial charge < -0.3 is 14.8 Å². The summed E-state index contributed by atoms with van der Waals surface area (Å²) in [5.41, 5.74) is -2.12. The first-order valence-corrected chi connectivity index (χ1v) is 6.27. The van der Waals surface area contributed by atoms with Crippen molar-refractivity contribution < 1.29 is 23.4 Å². The first-order valence-electron chi connectivity index (χ1n) is 5.48. The maximum atomic E-state index is 13.8. The number of rotatable bonds is 2. The molecule has 0 radical (unpaired) electrons. The second kappa shape index (κ2) is 5.20. The van der Waals surface area contributed by atoms with Crippen LogP contribution in [0.25, 0.3) is 10.9 Å². The van der Waals surface area contributed by atoms with E-state index >= 15 is 0 Å². The van der Waals surface area contributed by atoms with E-state index in [1.807, 2.05) is 0 Å². The smallest absolute Gasteiger partial charge is 0.347 e. The van der Waals surface area contributed by atoms with Gasteiger partial charge in [-0.1, -0.05) is 0 Å². The molecule has 106 valence electrons. The number of benzene rings is 1. The standard InChI is InChI=1S/C12H8BrF2NO4/c1-2-20-12(19)6-10(17)4-3-5(14)7(13)8(15)9(4)16-11(6)18/h3H,2H2,1H3,(H2,16,17,18). The zero-order chi connectivity index (χ0) is 15.0. The van der Waals surface area contributed by atoms with Gasteiger partial charge in [-0.3, -0.25) is 4.79 Å². The van der Waals surface area contributed by atoms with Crippen LogP contribution in [0.15, 0.2) is 15.3 Å². The maximum absolute atomic E-state index is 13.8. The normalized spacial score (nSPS) is 10.8. The lowest BCUT2D eigenvalue weighted by molar-refractivity contribution is 0.0521. The van der Waals surface area contributed by atoms with Crippen LogP contribution in [0.3, 0.4) is 0 Å². The number of fused-ring (bicyclic) bond motifs is 1. The Morgan fingerprint density at radius 1 is 1.50 bits per heavy atom. The Morgan fingerprint density at radius 3 is 2.75 bits per heavy atom. The molecule has 8 heteroatoms. The first-order chi connectivity index (χ1) is 9.38. The lowest BCUT2D eigenvalue weighted by Crippen LogP contribution is -2.20. The predicted octanol–water partition coefficient (Wildman–Crippen LogP) is 2.45. The maximum Gasteiger partial charge on any atom is 0.347 e. The lowest BCUT2D eigenvalue weighted by atomic mass is 10.1. The van der Waals surface area contributed by atoms with Gasteiger partial charge in [0.2, 0.25) is 0 Å². The molecule has 2 rings (SSSR count). The minimum absolute atomic E-state index is 0.0151. The number of aromatic amines is 1. The molecule has 0 unspecified atom stereocenters. The molecule has 5 nitrogen and oxygen atoms in total. The molecule has 2 N–H and O–H groups in total. The molecule has 1 aromatic carbocycles. The van der Waals surface area contributed by atoms with Gasteiger partial charge in [0.25, 0.3) is 5.56 Å². The van der Waals surface area contributed by atoms with Gasteiger partial charge in [-0.2, -0.15) is 0 Å². The Morgan fingerprint density at radius 2 is 2.15 bits per heavy atom. The van der Waals surface area contributed by atoms with Crippen LogP contribution in [0.4, 0.5) is 8.78 Å². The van der Waals surface area contributed by atoms with Crippen molar-refractivity contribution in [1.29, 1.82) is 0 Å². The largest absolute Gasteiger partial charge is 0.506 e. The fraction of sp³-hybridized carbons (Fsp3) is 0.167. The van der Waals surface area contributed by atoms with Crippen LogP contribution >= 0.6 is 15.9 Å². The number of ether oxygens (including phenoxy) is 1. The molecule has 0 saturated heterocycles. The van der Waals surface area contributed by atoms with E-state index in [1.54, 1.807) is 0 Å². The second-order valence-corrected chi connectivity index (χ2v) is 4.60. The Kier molecular flexibility index (Phi) is 3.76. The molecular weight excluding hydrogens is 340 g/mol. The third-order valence-electron chi connectivity index (χ3n) is 2.60. The summed E-state index contributed by atoms with van der Waals surface area (Å²) in [6, 6.07) is 0.802. The molecule has 0 bridgehead atoms. The highest BCUT2D eigenvalue weighted by atomic mass is 79.9. The van der Waals surface area contributed by atoms with Gasteiger partial charge in [-0.25, -0.2) is 13.6 Å². The SMILES string of the molecule is CCOC(=O)c1c(O)c2cc(F)c(Br)c(F)c2[nH]c1=O. The van der Waals surface area contributed by atoms with Crippen molar-refractivity contribution in [3.8, 4) is 5.75 Å². The fourth-order valence-corrected chi connectivity index (χ4v) is 2.03. The van der Waals surface area contributed by atoms with Crippen LogP contribution < -0.4 is 5.56 Å². The molecule has 2 aromatic rings. The molecule has 0 aliphatic rings. The summed E-state index contributed by atoms with van der Waals surface area (Å²) < 4.78 is 31.4. The van der Waals surface area contributed by atoms with E-state index in [0.29, 0.717) is 0 Å². The summed E-state index contributed by atoms with van der Waals surface area (Å²) in [7, 11) is 0. The topological polar surface area (TPSA) is 79.4 Å². The summed E-state index contributed by atoms with van der Waals surface area (Å²) >= 11 is 2.68. The van der Waals surface area contributed by atoms with Crippen LogP contribution in [0.2, 0.25) is 0 Å². The highest BCUT2D eigenvalue weighted by molar-refractivity contribution is 9.10. The minimum atomic E-state index is -1.08. The molecule has 0 atom stereocenters. The number of hydrogen-bond donors (Lipinski definition) is 2. The highest BCUT2D eigenvalue weighted by Crippen LogP contribution is 2.32. The third kappa shape index (κ3) is 2.15. The molecule has 0 saturated carbocycles. The van der Waals surface area contributed by atoms with E-state index in [0.717, 1.165) is 6.07 Å². The Bertz CT molecular complexity index is 772. The van der Waals surface area contributed by atoms with Crippen molar-refractivity contribution in [3.63, 3.8) is 0 Å². The summed E-state index contributed by atoms with van der Waals surface area (Å²) in [5, 5.41) is 9.57. The van der Waals surface area contributed by atoms with Gasteiger partial charge in [-0.05, 0) is 28.9 Å². The van der Waals surface area contributed by atoms with E-state index < -0.39 is 44.5 Å². The van der Waals surface area contributed by atoms with Crippen molar-refractivity contribution in [3.05, 3.63) is 38.1 Å². The molecule has 1 aromatic heterocycles. The number of halogens is 3. The van der Waals surface area contributed by atoms with Crippen LogP contribution in [0.1, 0.15) is 17.3 Å². The lowest BCUT2D eigenvalue weighted by Gasteiger charge is -2.08. The zero-order valence-corrected chi connectivity index (χ0v) is 11.7. The van der Waals surface area contributed by atoms with Crippen molar-refractivity contribution in [2.24, 2.45) is 0 Å². The van der Waals surface area contributed by atoms with Gasteiger partial charge in [0.05, 0.1) is 16.6 Å². The van der Waals surface area contributed by atoms with E-state index in [2.05, 4.69) is 25.7 Å². The number of carbonyl (C=O) groups is 1. The van der Waals surface area contributed by atoms with E-state index in [4.69, 9.17) is 0 Å². The Labute approximate surface area is 119 Å². The minimum Gasteiger partial charge on any atom is -0.506 e. The molecular formula is C12H8BrF2NO4. The van der Waals surface area contributed by atoms with E-state index in [-0.39, 0.29) is 12.0 Å². The fourth-order valence-electron chi connectivity index (χ4n) is 1.71. The molecule has 0 spiro atoms. The van der Waals surface area contributed by atoms with Crippen LogP contribution in [-0.4, -0.2) is 22.7 Å². The quantitative estimate of drug-likeness (QED) is 0.646. The van der Waals surface area contributed by atoms with Crippen LogP contribution in [0, 0.1) is 11.6 Å².